The van der Waals surface area contributed by atoms with Crippen molar-refractivity contribution in [3.8, 4) is 0 Å². The van der Waals surface area contributed by atoms with Crippen LogP contribution in [0.1, 0.15) is 25.7 Å². The van der Waals surface area contributed by atoms with E-state index in [0.717, 1.165) is 12.3 Å². The molecule has 0 amide bonds. The summed E-state index contributed by atoms with van der Waals surface area (Å²) in [7, 11) is 0. The number of hydrogen-bond donors (Lipinski definition) is 1. The molecule has 2 fully saturated rings. The smallest absolute Gasteiger partial charge is 0.306 e. The van der Waals surface area contributed by atoms with Crippen molar-refractivity contribution in [3.05, 3.63) is 0 Å². The molecule has 0 saturated heterocycles. The van der Waals surface area contributed by atoms with Crippen molar-refractivity contribution in [1.29, 1.82) is 0 Å². The Hall–Kier alpha value is -0.530. The van der Waals surface area contributed by atoms with Crippen molar-refractivity contribution in [2.24, 2.45) is 17.8 Å². The first-order chi connectivity index (χ1) is 4.77. The van der Waals surface area contributed by atoms with Crippen molar-refractivity contribution in [2.75, 3.05) is 0 Å². The fraction of sp³-hybridized carbons (Fsp3) is 0.875. The van der Waals surface area contributed by atoms with Gasteiger partial charge in [-0.05, 0) is 31.1 Å². The molecule has 0 aromatic heterocycles. The number of fused-ring (bicyclic) bond motifs is 2. The van der Waals surface area contributed by atoms with Crippen molar-refractivity contribution in [2.45, 2.75) is 25.7 Å². The summed E-state index contributed by atoms with van der Waals surface area (Å²) in [5.74, 6) is 0.736. The van der Waals surface area contributed by atoms with E-state index in [2.05, 4.69) is 0 Å². The minimum atomic E-state index is -0.563. The van der Waals surface area contributed by atoms with Crippen LogP contribution in [0.25, 0.3) is 0 Å². The van der Waals surface area contributed by atoms with Crippen molar-refractivity contribution in [3.63, 3.8) is 0 Å². The van der Waals surface area contributed by atoms with Gasteiger partial charge in [-0.15, -0.1) is 0 Å². The van der Waals surface area contributed by atoms with Crippen LogP contribution in [-0.4, -0.2) is 11.1 Å². The molecule has 0 aliphatic heterocycles. The van der Waals surface area contributed by atoms with Gasteiger partial charge in [-0.25, -0.2) is 0 Å². The normalized spacial score (nSPS) is 44.2. The van der Waals surface area contributed by atoms with Gasteiger partial charge in [-0.3, -0.25) is 4.79 Å². The fourth-order valence-electron chi connectivity index (χ4n) is 2.55. The first kappa shape index (κ1) is 6.20. The summed E-state index contributed by atoms with van der Waals surface area (Å²) >= 11 is 0. The summed E-state index contributed by atoms with van der Waals surface area (Å²) in [6, 6.07) is 0. The highest BCUT2D eigenvalue weighted by molar-refractivity contribution is 5.71. The van der Waals surface area contributed by atoms with Crippen LogP contribution >= 0.6 is 0 Å². The Morgan fingerprint density at radius 1 is 1.30 bits per heavy atom. The van der Waals surface area contributed by atoms with Crippen LogP contribution in [0.4, 0.5) is 0 Å². The summed E-state index contributed by atoms with van der Waals surface area (Å²) in [6.07, 6.45) is 4.60. The minimum absolute atomic E-state index is 0.0127. The number of rotatable bonds is 1. The molecule has 56 valence electrons. The molecule has 2 saturated carbocycles. The van der Waals surface area contributed by atoms with Crippen LogP contribution in [0.3, 0.4) is 0 Å². The van der Waals surface area contributed by atoms with Crippen LogP contribution in [0, 0.1) is 17.8 Å². The molecule has 0 heterocycles. The molecule has 2 bridgehead atoms. The number of carboxylic acid groups (broad SMARTS) is 1. The zero-order valence-corrected chi connectivity index (χ0v) is 5.92. The largest absolute Gasteiger partial charge is 0.481 e. The third-order valence-corrected chi connectivity index (χ3v) is 3.06. The molecule has 10 heavy (non-hydrogen) atoms. The van der Waals surface area contributed by atoms with E-state index in [-0.39, 0.29) is 5.92 Å². The molecular weight excluding hydrogens is 128 g/mol. The SMILES string of the molecule is O=C(O)[C@H]1C[C@@H]2CC[C@@H]1C2. The van der Waals surface area contributed by atoms with E-state index in [0.29, 0.717) is 5.92 Å². The van der Waals surface area contributed by atoms with E-state index in [1.807, 2.05) is 0 Å². The van der Waals surface area contributed by atoms with E-state index in [1.54, 1.807) is 0 Å². The molecule has 2 nitrogen and oxygen atoms in total. The molecule has 1 N–H and O–H groups in total. The Labute approximate surface area is 60.2 Å². The predicted molar refractivity (Wildman–Crippen MR) is 36.6 cm³/mol. The molecule has 0 radical (unpaired) electrons. The van der Waals surface area contributed by atoms with Gasteiger partial charge in [-0.1, -0.05) is 6.42 Å². The minimum Gasteiger partial charge on any atom is -0.481 e. The maximum atomic E-state index is 10.6. The van der Waals surface area contributed by atoms with E-state index in [4.69, 9.17) is 5.11 Å². The first-order valence-corrected chi connectivity index (χ1v) is 4.00. The molecule has 2 aliphatic carbocycles. The van der Waals surface area contributed by atoms with Crippen LogP contribution in [0.5, 0.6) is 0 Å². The average Bonchev–Trinajstić information content (AvgIpc) is 2.44. The molecule has 2 rings (SSSR count). The number of carbonyl (C=O) groups is 1. The number of carboxylic acids is 1. The van der Waals surface area contributed by atoms with Gasteiger partial charge in [0.1, 0.15) is 0 Å². The lowest BCUT2D eigenvalue weighted by Crippen LogP contribution is -2.19. The first-order valence-electron chi connectivity index (χ1n) is 4.00. The van der Waals surface area contributed by atoms with E-state index in [9.17, 15) is 4.79 Å². The lowest BCUT2D eigenvalue weighted by atomic mass is 9.89. The summed E-state index contributed by atoms with van der Waals surface area (Å²) in [4.78, 5) is 10.6. The van der Waals surface area contributed by atoms with E-state index < -0.39 is 5.97 Å². The van der Waals surface area contributed by atoms with Gasteiger partial charge >= 0.3 is 5.97 Å². The zero-order valence-electron chi connectivity index (χ0n) is 5.92. The monoisotopic (exact) mass is 140 g/mol. The molecule has 0 aromatic carbocycles. The molecule has 2 heteroatoms. The molecule has 0 aromatic rings. The van der Waals surface area contributed by atoms with Gasteiger partial charge < -0.3 is 5.11 Å². The number of aliphatic carboxylic acids is 1. The van der Waals surface area contributed by atoms with Gasteiger partial charge in [0.25, 0.3) is 0 Å². The van der Waals surface area contributed by atoms with Crippen molar-refractivity contribution >= 4 is 5.97 Å². The Bertz CT molecular complexity index is 165. The van der Waals surface area contributed by atoms with E-state index >= 15 is 0 Å². The second-order valence-electron chi connectivity index (χ2n) is 3.62. The Balaban J connectivity index is 2.08. The van der Waals surface area contributed by atoms with Crippen LogP contribution < -0.4 is 0 Å². The quantitative estimate of drug-likeness (QED) is 0.599. The van der Waals surface area contributed by atoms with Gasteiger partial charge in [-0.2, -0.15) is 0 Å². The Kier molecular flexibility index (Phi) is 1.22. The molecule has 2 aliphatic rings. The fourth-order valence-corrected chi connectivity index (χ4v) is 2.55. The highest BCUT2D eigenvalue weighted by Crippen LogP contribution is 2.48. The predicted octanol–water partition coefficient (Wildman–Crippen LogP) is 1.51. The van der Waals surface area contributed by atoms with Gasteiger partial charge in [0.05, 0.1) is 5.92 Å². The van der Waals surface area contributed by atoms with Crippen molar-refractivity contribution < 1.29 is 9.90 Å². The third-order valence-electron chi connectivity index (χ3n) is 3.06. The van der Waals surface area contributed by atoms with Gasteiger partial charge in [0.2, 0.25) is 0 Å². The van der Waals surface area contributed by atoms with Crippen LogP contribution in [-0.2, 0) is 4.79 Å². The molecule has 0 unspecified atom stereocenters. The van der Waals surface area contributed by atoms with Crippen LogP contribution in [0.15, 0.2) is 0 Å². The summed E-state index contributed by atoms with van der Waals surface area (Å²) in [5, 5.41) is 8.74. The molecule has 0 spiro atoms. The maximum Gasteiger partial charge on any atom is 0.306 e. The lowest BCUT2D eigenvalue weighted by molar-refractivity contribution is -0.143. The summed E-state index contributed by atoms with van der Waals surface area (Å²) < 4.78 is 0. The molecule has 3 atom stereocenters. The highest BCUT2D eigenvalue weighted by Gasteiger charge is 2.42. The average molecular weight is 140 g/mol. The molecular formula is C8H12O2. The van der Waals surface area contributed by atoms with Gasteiger partial charge in [0, 0.05) is 0 Å². The lowest BCUT2D eigenvalue weighted by Gasteiger charge is -2.16. The third kappa shape index (κ3) is 0.746. The van der Waals surface area contributed by atoms with E-state index in [1.165, 1.54) is 19.3 Å². The standard InChI is InChI=1S/C8H12O2/c9-8(10)7-4-5-1-2-6(7)3-5/h5-7H,1-4H2,(H,9,10)/t5-,6-,7+/m1/s1. The number of hydrogen-bond acceptors (Lipinski definition) is 1. The summed E-state index contributed by atoms with van der Waals surface area (Å²) in [5.41, 5.74) is 0. The van der Waals surface area contributed by atoms with Crippen molar-refractivity contribution in [1.82, 2.24) is 0 Å². The highest BCUT2D eigenvalue weighted by atomic mass is 16.4. The van der Waals surface area contributed by atoms with Crippen LogP contribution in [0.2, 0.25) is 0 Å². The zero-order chi connectivity index (χ0) is 7.14. The Morgan fingerprint density at radius 3 is 2.40 bits per heavy atom. The summed E-state index contributed by atoms with van der Waals surface area (Å²) in [6.45, 7) is 0. The van der Waals surface area contributed by atoms with Gasteiger partial charge in [0.15, 0.2) is 0 Å². The Morgan fingerprint density at radius 2 is 2.10 bits per heavy atom. The topological polar surface area (TPSA) is 37.3 Å². The maximum absolute atomic E-state index is 10.6. The second-order valence-corrected chi connectivity index (χ2v) is 3.62. The second kappa shape index (κ2) is 1.97.